The molecule has 86 valence electrons. The maximum atomic E-state index is 3.71. The maximum Gasteiger partial charge on any atom is 0.00670 e. The summed E-state index contributed by atoms with van der Waals surface area (Å²) in [5, 5.41) is 3.71. The van der Waals surface area contributed by atoms with Crippen LogP contribution in [0.25, 0.3) is 0 Å². The van der Waals surface area contributed by atoms with Gasteiger partial charge in [0, 0.05) is 6.04 Å². The molecular weight excluding hydrogens is 170 g/mol. The van der Waals surface area contributed by atoms with Crippen molar-refractivity contribution in [3.63, 3.8) is 0 Å². The Bertz CT molecular complexity index is 112. The van der Waals surface area contributed by atoms with Gasteiger partial charge in [-0.25, -0.2) is 0 Å². The minimum atomic E-state index is 0.772. The van der Waals surface area contributed by atoms with E-state index in [9.17, 15) is 0 Å². The summed E-state index contributed by atoms with van der Waals surface area (Å²) in [7, 11) is 0. The standard InChI is InChI=1S/C13H29N/c1-5-8-10-13(9-6-2)14-11-12(4)7-3/h12-14H,5-11H2,1-4H3. The molecule has 2 atom stereocenters. The van der Waals surface area contributed by atoms with E-state index in [0.29, 0.717) is 0 Å². The molecule has 0 rings (SSSR count). The first kappa shape index (κ1) is 14.0. The molecule has 0 aliphatic rings. The molecule has 0 fully saturated rings. The minimum absolute atomic E-state index is 0.772. The van der Waals surface area contributed by atoms with Crippen LogP contribution >= 0.6 is 0 Å². The zero-order valence-corrected chi connectivity index (χ0v) is 10.6. The van der Waals surface area contributed by atoms with E-state index in [1.165, 1.54) is 45.1 Å². The van der Waals surface area contributed by atoms with Crippen molar-refractivity contribution in [3.05, 3.63) is 0 Å². The minimum Gasteiger partial charge on any atom is -0.314 e. The highest BCUT2D eigenvalue weighted by molar-refractivity contribution is 4.67. The fraction of sp³-hybridized carbons (Fsp3) is 1.00. The van der Waals surface area contributed by atoms with Crippen LogP contribution in [0.1, 0.15) is 66.2 Å². The fourth-order valence-electron chi connectivity index (χ4n) is 1.66. The Labute approximate surface area is 90.7 Å². The highest BCUT2D eigenvalue weighted by Gasteiger charge is 2.07. The molecule has 0 aliphatic heterocycles. The van der Waals surface area contributed by atoms with Gasteiger partial charge in [0.15, 0.2) is 0 Å². The molecule has 0 heterocycles. The van der Waals surface area contributed by atoms with Crippen LogP contribution in [-0.2, 0) is 0 Å². The lowest BCUT2D eigenvalue weighted by molar-refractivity contribution is 0.393. The first-order chi connectivity index (χ1) is 6.74. The van der Waals surface area contributed by atoms with Crippen molar-refractivity contribution in [2.24, 2.45) is 5.92 Å². The highest BCUT2D eigenvalue weighted by atomic mass is 14.9. The molecule has 0 aliphatic carbocycles. The van der Waals surface area contributed by atoms with Gasteiger partial charge in [0.2, 0.25) is 0 Å². The summed E-state index contributed by atoms with van der Waals surface area (Å²) in [5.74, 6) is 0.830. The van der Waals surface area contributed by atoms with Crippen LogP contribution < -0.4 is 5.32 Å². The Kier molecular flexibility index (Phi) is 9.49. The number of hydrogen-bond donors (Lipinski definition) is 1. The van der Waals surface area contributed by atoms with Gasteiger partial charge < -0.3 is 5.32 Å². The van der Waals surface area contributed by atoms with E-state index >= 15 is 0 Å². The van der Waals surface area contributed by atoms with Crippen molar-refractivity contribution < 1.29 is 0 Å². The Morgan fingerprint density at radius 3 is 2.21 bits per heavy atom. The molecule has 0 amide bonds. The predicted octanol–water partition coefficient (Wildman–Crippen LogP) is 3.98. The molecule has 0 aromatic heterocycles. The number of hydrogen-bond acceptors (Lipinski definition) is 1. The quantitative estimate of drug-likeness (QED) is 0.592. The third-order valence-corrected chi connectivity index (χ3v) is 3.00. The predicted molar refractivity (Wildman–Crippen MR) is 65.7 cm³/mol. The molecular formula is C13H29N. The average Bonchev–Trinajstić information content (AvgIpc) is 2.21. The zero-order chi connectivity index (χ0) is 10.8. The fourth-order valence-corrected chi connectivity index (χ4v) is 1.66. The molecule has 1 nitrogen and oxygen atoms in total. The van der Waals surface area contributed by atoms with Gasteiger partial charge in [-0.1, -0.05) is 53.4 Å². The lowest BCUT2D eigenvalue weighted by Crippen LogP contribution is -2.32. The molecule has 1 heteroatoms. The molecule has 0 saturated carbocycles. The maximum absolute atomic E-state index is 3.71. The molecule has 2 unspecified atom stereocenters. The molecule has 0 saturated heterocycles. The Balaban J connectivity index is 3.60. The summed E-state index contributed by atoms with van der Waals surface area (Å²) in [6.45, 7) is 10.4. The van der Waals surface area contributed by atoms with Gasteiger partial charge in [0.25, 0.3) is 0 Å². The van der Waals surface area contributed by atoms with E-state index in [4.69, 9.17) is 0 Å². The van der Waals surface area contributed by atoms with Crippen LogP contribution in [-0.4, -0.2) is 12.6 Å². The number of nitrogens with one attached hydrogen (secondary N) is 1. The van der Waals surface area contributed by atoms with Gasteiger partial charge in [-0.05, 0) is 25.3 Å². The second-order valence-electron chi connectivity index (χ2n) is 4.55. The van der Waals surface area contributed by atoms with Gasteiger partial charge in [-0.15, -0.1) is 0 Å². The van der Waals surface area contributed by atoms with Gasteiger partial charge in [-0.2, -0.15) is 0 Å². The molecule has 0 spiro atoms. The lowest BCUT2D eigenvalue weighted by Gasteiger charge is -2.20. The summed E-state index contributed by atoms with van der Waals surface area (Å²) in [4.78, 5) is 0. The molecule has 1 N–H and O–H groups in total. The van der Waals surface area contributed by atoms with Gasteiger partial charge >= 0.3 is 0 Å². The van der Waals surface area contributed by atoms with E-state index in [1.54, 1.807) is 0 Å². The van der Waals surface area contributed by atoms with Crippen molar-refractivity contribution in [3.8, 4) is 0 Å². The van der Waals surface area contributed by atoms with Crippen LogP contribution in [0.2, 0.25) is 0 Å². The highest BCUT2D eigenvalue weighted by Crippen LogP contribution is 2.08. The molecule has 0 bridgehead atoms. The third-order valence-electron chi connectivity index (χ3n) is 3.00. The first-order valence-electron chi connectivity index (χ1n) is 6.47. The topological polar surface area (TPSA) is 12.0 Å². The lowest BCUT2D eigenvalue weighted by atomic mass is 10.0. The summed E-state index contributed by atoms with van der Waals surface area (Å²) in [6.07, 6.45) is 8.00. The molecule has 0 aromatic rings. The van der Waals surface area contributed by atoms with E-state index in [2.05, 4.69) is 33.0 Å². The molecule has 0 aromatic carbocycles. The van der Waals surface area contributed by atoms with Gasteiger partial charge in [0.1, 0.15) is 0 Å². The van der Waals surface area contributed by atoms with Crippen LogP contribution in [0, 0.1) is 5.92 Å². The van der Waals surface area contributed by atoms with E-state index in [-0.39, 0.29) is 0 Å². The van der Waals surface area contributed by atoms with Crippen molar-refractivity contribution in [1.82, 2.24) is 5.32 Å². The van der Waals surface area contributed by atoms with Crippen LogP contribution in [0.3, 0.4) is 0 Å². The van der Waals surface area contributed by atoms with Gasteiger partial charge in [-0.3, -0.25) is 0 Å². The Hall–Kier alpha value is -0.0400. The number of rotatable bonds is 9. The summed E-state index contributed by atoms with van der Waals surface area (Å²) in [5.41, 5.74) is 0. The van der Waals surface area contributed by atoms with Crippen molar-refractivity contribution in [1.29, 1.82) is 0 Å². The molecule has 14 heavy (non-hydrogen) atoms. The Morgan fingerprint density at radius 1 is 1.00 bits per heavy atom. The third kappa shape index (κ3) is 7.37. The summed E-state index contributed by atoms with van der Waals surface area (Å²) >= 11 is 0. The normalized spacial score (nSPS) is 15.4. The largest absolute Gasteiger partial charge is 0.314 e. The van der Waals surface area contributed by atoms with Crippen LogP contribution in [0.5, 0.6) is 0 Å². The van der Waals surface area contributed by atoms with Crippen LogP contribution in [0.4, 0.5) is 0 Å². The SMILES string of the molecule is CCCCC(CCC)NCC(C)CC. The second-order valence-corrected chi connectivity index (χ2v) is 4.55. The second kappa shape index (κ2) is 9.51. The molecule has 0 radical (unpaired) electrons. The average molecular weight is 199 g/mol. The van der Waals surface area contributed by atoms with Gasteiger partial charge in [0.05, 0.1) is 0 Å². The van der Waals surface area contributed by atoms with Crippen molar-refractivity contribution in [2.75, 3.05) is 6.54 Å². The summed E-state index contributed by atoms with van der Waals surface area (Å²) in [6, 6.07) is 0.772. The zero-order valence-electron chi connectivity index (χ0n) is 10.6. The van der Waals surface area contributed by atoms with E-state index in [1.807, 2.05) is 0 Å². The smallest absolute Gasteiger partial charge is 0.00670 e. The van der Waals surface area contributed by atoms with Crippen LogP contribution in [0.15, 0.2) is 0 Å². The van der Waals surface area contributed by atoms with Crippen molar-refractivity contribution in [2.45, 2.75) is 72.3 Å². The van der Waals surface area contributed by atoms with E-state index in [0.717, 1.165) is 12.0 Å². The summed E-state index contributed by atoms with van der Waals surface area (Å²) < 4.78 is 0. The first-order valence-corrected chi connectivity index (χ1v) is 6.47. The van der Waals surface area contributed by atoms with Crippen molar-refractivity contribution >= 4 is 0 Å². The Morgan fingerprint density at radius 2 is 1.71 bits per heavy atom. The van der Waals surface area contributed by atoms with E-state index < -0.39 is 0 Å². The number of unbranched alkanes of at least 4 members (excludes halogenated alkanes) is 1. The monoisotopic (exact) mass is 199 g/mol.